The van der Waals surface area contributed by atoms with Gasteiger partial charge >= 0.3 is 5.97 Å². The Labute approximate surface area is 88.3 Å². The van der Waals surface area contributed by atoms with E-state index in [1.165, 1.54) is 10.6 Å². The number of nitrogens with zero attached hydrogens (tertiary/aromatic N) is 1. The molecule has 0 fully saturated rings. The largest absolute Gasteiger partial charge is 0.478 e. The second kappa shape index (κ2) is 3.24. The number of pyridine rings is 1. The first-order chi connectivity index (χ1) is 6.61. The van der Waals surface area contributed by atoms with Gasteiger partial charge in [-0.25, -0.2) is 4.79 Å². The number of carboxylic acid groups (broad SMARTS) is 1. The summed E-state index contributed by atoms with van der Waals surface area (Å²) in [5.41, 5.74) is 0.738. The third-order valence-electron chi connectivity index (χ3n) is 2.38. The zero-order valence-electron chi connectivity index (χ0n) is 7.29. The Bertz CT molecular complexity index is 464. The second-order valence-electron chi connectivity index (χ2n) is 3.22. The van der Waals surface area contributed by atoms with Crippen LogP contribution in [0.15, 0.2) is 15.3 Å². The Morgan fingerprint density at radius 1 is 1.57 bits per heavy atom. The van der Waals surface area contributed by atoms with E-state index in [-0.39, 0.29) is 11.1 Å². The van der Waals surface area contributed by atoms with Gasteiger partial charge in [-0.3, -0.25) is 4.79 Å². The summed E-state index contributed by atoms with van der Waals surface area (Å²) in [5.74, 6) is -0.976. The van der Waals surface area contributed by atoms with Crippen molar-refractivity contribution in [2.75, 3.05) is 0 Å². The molecule has 5 heteroatoms. The SMILES string of the molecule is O=C(O)c1cc(Br)c(=O)n2c1CCC2. The molecule has 0 unspecified atom stereocenters. The lowest BCUT2D eigenvalue weighted by Crippen LogP contribution is -2.22. The van der Waals surface area contributed by atoms with Crippen molar-refractivity contribution in [2.45, 2.75) is 19.4 Å². The maximum Gasteiger partial charge on any atom is 0.337 e. The molecule has 1 aliphatic rings. The van der Waals surface area contributed by atoms with Crippen molar-refractivity contribution in [2.24, 2.45) is 0 Å². The number of carbonyl (C=O) groups is 1. The van der Waals surface area contributed by atoms with Gasteiger partial charge in [-0.2, -0.15) is 0 Å². The third kappa shape index (κ3) is 1.28. The summed E-state index contributed by atoms with van der Waals surface area (Å²) in [4.78, 5) is 22.4. The quantitative estimate of drug-likeness (QED) is 0.824. The molecule has 74 valence electrons. The number of aromatic carboxylic acids is 1. The summed E-state index contributed by atoms with van der Waals surface area (Å²) in [6.45, 7) is 0.619. The molecule has 0 aromatic carbocycles. The predicted molar refractivity (Wildman–Crippen MR) is 53.7 cm³/mol. The minimum atomic E-state index is -0.976. The van der Waals surface area contributed by atoms with Gasteiger partial charge in [0, 0.05) is 12.2 Å². The summed E-state index contributed by atoms with van der Waals surface area (Å²) >= 11 is 3.07. The van der Waals surface area contributed by atoms with Crippen LogP contribution >= 0.6 is 15.9 Å². The van der Waals surface area contributed by atoms with Crippen molar-refractivity contribution in [1.29, 1.82) is 0 Å². The van der Waals surface area contributed by atoms with Crippen LogP contribution in [0.25, 0.3) is 0 Å². The van der Waals surface area contributed by atoms with Crippen molar-refractivity contribution >= 4 is 21.9 Å². The highest BCUT2D eigenvalue weighted by atomic mass is 79.9. The summed E-state index contributed by atoms with van der Waals surface area (Å²) in [7, 11) is 0. The van der Waals surface area contributed by atoms with Gasteiger partial charge in [0.1, 0.15) is 0 Å². The molecular weight excluding hydrogens is 250 g/mol. The maximum absolute atomic E-state index is 11.6. The maximum atomic E-state index is 11.6. The van der Waals surface area contributed by atoms with Crippen LogP contribution in [-0.2, 0) is 13.0 Å². The molecule has 0 bridgehead atoms. The minimum Gasteiger partial charge on any atom is -0.478 e. The summed E-state index contributed by atoms with van der Waals surface area (Å²) < 4.78 is 1.86. The molecule has 0 spiro atoms. The van der Waals surface area contributed by atoms with Crippen molar-refractivity contribution < 1.29 is 9.90 Å². The van der Waals surface area contributed by atoms with Gasteiger partial charge in [0.05, 0.1) is 10.0 Å². The first-order valence-corrected chi connectivity index (χ1v) is 5.06. The molecule has 1 aromatic rings. The van der Waals surface area contributed by atoms with Gasteiger partial charge in [-0.1, -0.05) is 0 Å². The van der Waals surface area contributed by atoms with E-state index in [2.05, 4.69) is 15.9 Å². The van der Waals surface area contributed by atoms with Crippen molar-refractivity contribution in [3.63, 3.8) is 0 Å². The molecule has 2 rings (SSSR count). The fourth-order valence-electron chi connectivity index (χ4n) is 1.76. The molecule has 1 N–H and O–H groups in total. The fourth-order valence-corrected chi connectivity index (χ4v) is 2.21. The van der Waals surface area contributed by atoms with Gasteiger partial charge in [0.25, 0.3) is 5.56 Å². The van der Waals surface area contributed by atoms with Crippen LogP contribution in [0.3, 0.4) is 0 Å². The van der Waals surface area contributed by atoms with Gasteiger partial charge in [-0.15, -0.1) is 0 Å². The molecule has 0 saturated carbocycles. The lowest BCUT2D eigenvalue weighted by molar-refractivity contribution is 0.0695. The van der Waals surface area contributed by atoms with Crippen LogP contribution in [0.5, 0.6) is 0 Å². The summed E-state index contributed by atoms with van der Waals surface area (Å²) in [6, 6.07) is 1.39. The normalized spacial score (nSPS) is 14.1. The van der Waals surface area contributed by atoms with Crippen LogP contribution in [0.4, 0.5) is 0 Å². The molecule has 0 amide bonds. The van der Waals surface area contributed by atoms with Gasteiger partial charge < -0.3 is 9.67 Å². The number of hydrogen-bond acceptors (Lipinski definition) is 2. The number of aromatic nitrogens is 1. The third-order valence-corrected chi connectivity index (χ3v) is 2.95. The van der Waals surface area contributed by atoms with Crippen molar-refractivity contribution in [1.82, 2.24) is 4.57 Å². The monoisotopic (exact) mass is 257 g/mol. The van der Waals surface area contributed by atoms with E-state index in [1.54, 1.807) is 0 Å². The molecule has 4 nitrogen and oxygen atoms in total. The van der Waals surface area contributed by atoms with E-state index in [4.69, 9.17) is 5.11 Å². The highest BCUT2D eigenvalue weighted by molar-refractivity contribution is 9.10. The van der Waals surface area contributed by atoms with E-state index in [0.29, 0.717) is 23.1 Å². The Balaban J connectivity index is 2.76. The molecule has 0 aliphatic carbocycles. The topological polar surface area (TPSA) is 59.3 Å². The Morgan fingerprint density at radius 2 is 2.29 bits per heavy atom. The molecule has 1 aromatic heterocycles. The molecule has 2 heterocycles. The van der Waals surface area contributed by atoms with Crippen molar-refractivity contribution in [3.05, 3.63) is 32.2 Å². The molecular formula is C9H8BrNO3. The summed E-state index contributed by atoms with van der Waals surface area (Å²) in [5, 5.41) is 8.93. The zero-order valence-corrected chi connectivity index (χ0v) is 8.87. The average Bonchev–Trinajstić information content (AvgIpc) is 2.59. The Kier molecular flexibility index (Phi) is 2.19. The zero-order chi connectivity index (χ0) is 10.3. The highest BCUT2D eigenvalue weighted by Gasteiger charge is 2.21. The van der Waals surface area contributed by atoms with E-state index in [1.807, 2.05) is 0 Å². The Hall–Kier alpha value is -1.10. The lowest BCUT2D eigenvalue weighted by Gasteiger charge is -2.06. The second-order valence-corrected chi connectivity index (χ2v) is 4.07. The van der Waals surface area contributed by atoms with Crippen LogP contribution in [0, 0.1) is 0 Å². The number of halogens is 1. The molecule has 0 radical (unpaired) electrons. The first-order valence-electron chi connectivity index (χ1n) is 4.27. The molecule has 14 heavy (non-hydrogen) atoms. The van der Waals surface area contributed by atoms with E-state index >= 15 is 0 Å². The number of carboxylic acids is 1. The van der Waals surface area contributed by atoms with Crippen LogP contribution < -0.4 is 5.56 Å². The molecule has 0 saturated heterocycles. The average molecular weight is 258 g/mol. The van der Waals surface area contributed by atoms with Crippen LogP contribution in [-0.4, -0.2) is 15.6 Å². The molecule has 0 atom stereocenters. The van der Waals surface area contributed by atoms with Crippen LogP contribution in [0.1, 0.15) is 22.5 Å². The standard InChI is InChI=1S/C9H8BrNO3/c10-6-4-5(9(13)14)7-2-1-3-11(7)8(6)12/h4H,1-3H2,(H,13,14). The number of hydrogen-bond donors (Lipinski definition) is 1. The van der Waals surface area contributed by atoms with E-state index < -0.39 is 5.97 Å². The Morgan fingerprint density at radius 3 is 2.93 bits per heavy atom. The highest BCUT2D eigenvalue weighted by Crippen LogP contribution is 2.19. The van der Waals surface area contributed by atoms with Gasteiger partial charge in [0.2, 0.25) is 0 Å². The first kappa shape index (κ1) is 9.45. The smallest absolute Gasteiger partial charge is 0.337 e. The van der Waals surface area contributed by atoms with E-state index in [9.17, 15) is 9.59 Å². The fraction of sp³-hybridized carbons (Fsp3) is 0.333. The summed E-state index contributed by atoms with van der Waals surface area (Å²) in [6.07, 6.45) is 1.51. The molecule has 1 aliphatic heterocycles. The van der Waals surface area contributed by atoms with E-state index in [0.717, 1.165) is 6.42 Å². The predicted octanol–water partition coefficient (Wildman–Crippen LogP) is 1.26. The van der Waals surface area contributed by atoms with Gasteiger partial charge in [0.15, 0.2) is 0 Å². The minimum absolute atomic E-state index is 0.137. The van der Waals surface area contributed by atoms with Gasteiger partial charge in [-0.05, 0) is 34.8 Å². The lowest BCUT2D eigenvalue weighted by atomic mass is 10.1. The number of rotatable bonds is 1. The van der Waals surface area contributed by atoms with Crippen molar-refractivity contribution in [3.8, 4) is 0 Å². The van der Waals surface area contributed by atoms with Crippen LogP contribution in [0.2, 0.25) is 0 Å². The number of fused-ring (bicyclic) bond motifs is 1.